The van der Waals surface area contributed by atoms with Crippen molar-refractivity contribution in [3.05, 3.63) is 35.4 Å². The molecule has 0 saturated heterocycles. The highest BCUT2D eigenvalue weighted by Gasteiger charge is 2.33. The number of rotatable bonds is 8. The van der Waals surface area contributed by atoms with Crippen molar-refractivity contribution in [3.8, 4) is 0 Å². The van der Waals surface area contributed by atoms with E-state index in [-0.39, 0.29) is 0 Å². The van der Waals surface area contributed by atoms with Crippen molar-refractivity contribution >= 4 is 0 Å². The third-order valence-corrected chi connectivity index (χ3v) is 4.10. The molecule has 2 nitrogen and oxygen atoms in total. The molecule has 0 amide bonds. The molecule has 1 rings (SSSR count). The molecule has 1 aromatic rings. The molecular formula is C16H27F3N2+2. The summed E-state index contributed by atoms with van der Waals surface area (Å²) in [5, 5.41) is 0. The molecule has 1 unspecified atom stereocenters. The van der Waals surface area contributed by atoms with Crippen molar-refractivity contribution in [2.24, 2.45) is 0 Å². The summed E-state index contributed by atoms with van der Waals surface area (Å²) in [5.74, 6) is 0. The average Bonchev–Trinajstić information content (AvgIpc) is 2.46. The Labute approximate surface area is 125 Å². The van der Waals surface area contributed by atoms with Gasteiger partial charge in [0.05, 0.1) is 25.2 Å². The third kappa shape index (κ3) is 5.67. The Balaban J connectivity index is 2.74. The number of benzene rings is 1. The molecule has 2 N–H and O–H groups in total. The number of quaternary nitrogens is 2. The van der Waals surface area contributed by atoms with Crippen molar-refractivity contribution < 1.29 is 23.0 Å². The largest absolute Gasteiger partial charge is 0.416 e. The molecule has 0 aromatic heterocycles. The molecule has 5 heteroatoms. The number of hydrogen-bond acceptors (Lipinski definition) is 0. The number of nitrogens with one attached hydrogen (secondary N) is 2. The van der Waals surface area contributed by atoms with Crippen LogP contribution in [0.2, 0.25) is 0 Å². The van der Waals surface area contributed by atoms with E-state index in [1.54, 1.807) is 12.1 Å². The van der Waals surface area contributed by atoms with Gasteiger partial charge < -0.3 is 9.80 Å². The van der Waals surface area contributed by atoms with Gasteiger partial charge in [-0.2, -0.15) is 13.2 Å². The molecule has 1 aromatic carbocycles. The second-order valence-electron chi connectivity index (χ2n) is 5.39. The van der Waals surface area contributed by atoms with Crippen LogP contribution in [0.4, 0.5) is 13.2 Å². The second kappa shape index (κ2) is 8.39. The lowest BCUT2D eigenvalue weighted by molar-refractivity contribution is -0.962. The van der Waals surface area contributed by atoms with Crippen LogP contribution in [0.25, 0.3) is 0 Å². The van der Waals surface area contributed by atoms with Gasteiger partial charge in [-0.05, 0) is 26.8 Å². The molecule has 0 aliphatic carbocycles. The van der Waals surface area contributed by atoms with Crippen molar-refractivity contribution in [1.82, 2.24) is 0 Å². The first-order valence-electron chi connectivity index (χ1n) is 7.74. The first-order valence-corrected chi connectivity index (χ1v) is 7.74. The van der Waals surface area contributed by atoms with E-state index in [1.165, 1.54) is 21.9 Å². The first kappa shape index (κ1) is 18.0. The van der Waals surface area contributed by atoms with Crippen LogP contribution in [0.3, 0.4) is 0 Å². The molecule has 0 heterocycles. The van der Waals surface area contributed by atoms with Crippen molar-refractivity contribution in [2.75, 3.05) is 32.7 Å². The van der Waals surface area contributed by atoms with E-state index in [4.69, 9.17) is 0 Å². The highest BCUT2D eigenvalue weighted by Crippen LogP contribution is 2.31. The monoisotopic (exact) mass is 304 g/mol. The molecule has 0 radical (unpaired) electrons. The summed E-state index contributed by atoms with van der Waals surface area (Å²) in [6.07, 6.45) is -4.26. The molecule has 0 aliphatic heterocycles. The van der Waals surface area contributed by atoms with Gasteiger partial charge in [0.15, 0.2) is 0 Å². The molecule has 0 fully saturated rings. The lowest BCUT2D eigenvalue weighted by atomic mass is 10.1. The molecule has 0 aliphatic rings. The van der Waals surface area contributed by atoms with Crippen molar-refractivity contribution in [2.45, 2.75) is 33.5 Å². The van der Waals surface area contributed by atoms with E-state index in [1.807, 2.05) is 6.92 Å². The maximum absolute atomic E-state index is 13.0. The summed E-state index contributed by atoms with van der Waals surface area (Å²) in [7, 11) is 0. The fourth-order valence-corrected chi connectivity index (χ4v) is 2.57. The SMILES string of the molecule is CC[NH+](CC)CC[NH+](CC)Cc1ccccc1C(F)(F)F. The van der Waals surface area contributed by atoms with E-state index in [0.717, 1.165) is 32.7 Å². The van der Waals surface area contributed by atoms with Gasteiger partial charge in [-0.15, -0.1) is 0 Å². The maximum Gasteiger partial charge on any atom is 0.416 e. The Kier molecular flexibility index (Phi) is 7.18. The summed E-state index contributed by atoms with van der Waals surface area (Å²) in [6.45, 7) is 11.6. The summed E-state index contributed by atoms with van der Waals surface area (Å²) in [5.41, 5.74) is -0.0949. The quantitative estimate of drug-likeness (QED) is 0.710. The number of likely N-dealkylation sites (N-methyl/N-ethyl adjacent to an activating group) is 2. The fourth-order valence-electron chi connectivity index (χ4n) is 2.57. The topological polar surface area (TPSA) is 8.88 Å². The van der Waals surface area contributed by atoms with Gasteiger partial charge in [-0.1, -0.05) is 18.2 Å². The number of alkyl halides is 3. The molecule has 120 valence electrons. The zero-order valence-corrected chi connectivity index (χ0v) is 13.2. The van der Waals surface area contributed by atoms with Crippen LogP contribution in [0.1, 0.15) is 31.9 Å². The smallest absolute Gasteiger partial charge is 0.331 e. The van der Waals surface area contributed by atoms with E-state index >= 15 is 0 Å². The van der Waals surface area contributed by atoms with Crippen molar-refractivity contribution in [1.29, 1.82) is 0 Å². The van der Waals surface area contributed by atoms with Crippen LogP contribution in [-0.2, 0) is 12.7 Å². The highest BCUT2D eigenvalue weighted by atomic mass is 19.4. The predicted molar refractivity (Wildman–Crippen MR) is 78.4 cm³/mol. The molecule has 0 spiro atoms. The van der Waals surface area contributed by atoms with Gasteiger partial charge in [0.1, 0.15) is 19.6 Å². The van der Waals surface area contributed by atoms with Gasteiger partial charge in [0, 0.05) is 5.56 Å². The van der Waals surface area contributed by atoms with Crippen LogP contribution in [-0.4, -0.2) is 32.7 Å². The second-order valence-corrected chi connectivity index (χ2v) is 5.39. The van der Waals surface area contributed by atoms with Crippen LogP contribution < -0.4 is 9.80 Å². The molecular weight excluding hydrogens is 277 g/mol. The van der Waals surface area contributed by atoms with Crippen LogP contribution in [0, 0.1) is 0 Å². The van der Waals surface area contributed by atoms with Gasteiger partial charge >= 0.3 is 6.18 Å². The van der Waals surface area contributed by atoms with E-state index < -0.39 is 11.7 Å². The van der Waals surface area contributed by atoms with Crippen LogP contribution in [0.15, 0.2) is 24.3 Å². The summed E-state index contributed by atoms with van der Waals surface area (Å²) >= 11 is 0. The zero-order valence-electron chi connectivity index (χ0n) is 13.2. The minimum absolute atomic E-state index is 0.399. The van der Waals surface area contributed by atoms with Gasteiger partial charge in [0.2, 0.25) is 0 Å². The van der Waals surface area contributed by atoms with E-state index in [0.29, 0.717) is 12.1 Å². The van der Waals surface area contributed by atoms with Crippen molar-refractivity contribution in [3.63, 3.8) is 0 Å². The van der Waals surface area contributed by atoms with Crippen LogP contribution in [0.5, 0.6) is 0 Å². The Morgan fingerprint density at radius 3 is 1.90 bits per heavy atom. The van der Waals surface area contributed by atoms with Gasteiger partial charge in [-0.25, -0.2) is 0 Å². The Hall–Kier alpha value is -1.07. The summed E-state index contributed by atoms with van der Waals surface area (Å²) < 4.78 is 39.0. The maximum atomic E-state index is 13.0. The minimum atomic E-state index is -4.26. The average molecular weight is 304 g/mol. The van der Waals surface area contributed by atoms with Gasteiger partial charge in [-0.3, -0.25) is 0 Å². The lowest BCUT2D eigenvalue weighted by Crippen LogP contribution is -3.19. The number of hydrogen-bond donors (Lipinski definition) is 2. The normalized spacial score (nSPS) is 13.7. The van der Waals surface area contributed by atoms with Gasteiger partial charge in [0.25, 0.3) is 0 Å². The third-order valence-electron chi connectivity index (χ3n) is 4.10. The molecule has 0 bridgehead atoms. The Bertz CT molecular complexity index is 414. The summed E-state index contributed by atoms with van der Waals surface area (Å²) in [4.78, 5) is 2.69. The number of halogens is 3. The summed E-state index contributed by atoms with van der Waals surface area (Å²) in [6, 6.07) is 5.92. The zero-order chi connectivity index (χ0) is 15.9. The Morgan fingerprint density at radius 2 is 1.38 bits per heavy atom. The first-order chi connectivity index (χ1) is 9.92. The predicted octanol–water partition coefficient (Wildman–Crippen LogP) is 1.03. The molecule has 0 saturated carbocycles. The van der Waals surface area contributed by atoms with E-state index in [9.17, 15) is 13.2 Å². The molecule has 21 heavy (non-hydrogen) atoms. The fraction of sp³-hybridized carbons (Fsp3) is 0.625. The highest BCUT2D eigenvalue weighted by molar-refractivity contribution is 5.28. The van der Waals surface area contributed by atoms with E-state index in [2.05, 4.69) is 13.8 Å². The standard InChI is InChI=1S/C16H25F3N2/c1-4-20(5-2)11-12-21(6-3)13-14-9-7-8-10-15(14)16(17,18)19/h7-10H,4-6,11-13H2,1-3H3/p+2. The minimum Gasteiger partial charge on any atom is -0.331 e. The molecule has 1 atom stereocenters. The van der Waals surface area contributed by atoms with Crippen LogP contribution >= 0.6 is 0 Å². The lowest BCUT2D eigenvalue weighted by Gasteiger charge is -2.22. The Morgan fingerprint density at radius 1 is 0.857 bits per heavy atom.